The zero-order valence-corrected chi connectivity index (χ0v) is 13.0. The number of hydrogen-bond donors (Lipinski definition) is 1. The summed E-state index contributed by atoms with van der Waals surface area (Å²) < 4.78 is 18.1. The normalized spacial score (nSPS) is 18.3. The maximum absolute atomic E-state index is 12.9. The van der Waals surface area contributed by atoms with Gasteiger partial charge in [-0.3, -0.25) is 9.80 Å². The molecule has 0 spiro atoms. The fourth-order valence-corrected chi connectivity index (χ4v) is 2.62. The van der Waals surface area contributed by atoms with Crippen LogP contribution in [0, 0.1) is 5.82 Å². The quantitative estimate of drug-likeness (QED) is 0.583. The lowest BCUT2D eigenvalue weighted by atomic mass is 10.2. The molecular formula is C17H25FN2O2. The SMILES string of the molecule is C=CCOCC(O)CN1CCN(Cc2ccc(F)cc2)CC1. The van der Waals surface area contributed by atoms with Crippen molar-refractivity contribution in [3.05, 3.63) is 48.3 Å². The van der Waals surface area contributed by atoms with Gasteiger partial charge in [0.1, 0.15) is 5.82 Å². The monoisotopic (exact) mass is 308 g/mol. The summed E-state index contributed by atoms with van der Waals surface area (Å²) in [5.74, 6) is -0.193. The van der Waals surface area contributed by atoms with Crippen LogP contribution in [0.5, 0.6) is 0 Å². The Bertz CT molecular complexity index is 444. The average molecular weight is 308 g/mol. The third-order valence-electron chi connectivity index (χ3n) is 3.80. The molecule has 1 N–H and O–H groups in total. The molecule has 1 aromatic rings. The Balaban J connectivity index is 1.67. The second kappa shape index (κ2) is 9.00. The number of hydrogen-bond acceptors (Lipinski definition) is 4. The minimum atomic E-state index is -0.455. The molecule has 0 saturated carbocycles. The van der Waals surface area contributed by atoms with Gasteiger partial charge in [0, 0.05) is 39.3 Å². The summed E-state index contributed by atoms with van der Waals surface area (Å²) in [5, 5.41) is 9.91. The van der Waals surface area contributed by atoms with E-state index in [-0.39, 0.29) is 5.82 Å². The zero-order chi connectivity index (χ0) is 15.8. The van der Waals surface area contributed by atoms with Crippen LogP contribution in [0.15, 0.2) is 36.9 Å². The molecule has 4 nitrogen and oxygen atoms in total. The van der Waals surface area contributed by atoms with E-state index in [0.717, 1.165) is 38.3 Å². The van der Waals surface area contributed by atoms with Crippen LogP contribution in [0.25, 0.3) is 0 Å². The number of aliphatic hydroxyl groups is 1. The van der Waals surface area contributed by atoms with Crippen molar-refractivity contribution in [3.8, 4) is 0 Å². The standard InChI is InChI=1S/C17H25FN2O2/c1-2-11-22-14-17(21)13-20-9-7-19(8-10-20)12-15-3-5-16(18)6-4-15/h2-6,17,21H,1,7-14H2. The largest absolute Gasteiger partial charge is 0.389 e. The summed E-state index contributed by atoms with van der Waals surface area (Å²) in [6.07, 6.45) is 1.23. The number of ether oxygens (including phenoxy) is 1. The fraction of sp³-hybridized carbons (Fsp3) is 0.529. The molecule has 1 aliphatic heterocycles. The van der Waals surface area contributed by atoms with E-state index in [1.54, 1.807) is 6.08 Å². The minimum absolute atomic E-state index is 0.193. The average Bonchev–Trinajstić information content (AvgIpc) is 2.52. The van der Waals surface area contributed by atoms with Crippen molar-refractivity contribution in [2.75, 3.05) is 45.9 Å². The van der Waals surface area contributed by atoms with Crippen LogP contribution in [-0.2, 0) is 11.3 Å². The number of benzene rings is 1. The highest BCUT2D eigenvalue weighted by atomic mass is 19.1. The van der Waals surface area contributed by atoms with E-state index >= 15 is 0 Å². The molecule has 1 aromatic carbocycles. The minimum Gasteiger partial charge on any atom is -0.389 e. The topological polar surface area (TPSA) is 35.9 Å². The molecule has 2 rings (SSSR count). The summed E-state index contributed by atoms with van der Waals surface area (Å²) >= 11 is 0. The van der Waals surface area contributed by atoms with Crippen molar-refractivity contribution in [1.82, 2.24) is 9.80 Å². The van der Waals surface area contributed by atoms with Gasteiger partial charge in [-0.15, -0.1) is 6.58 Å². The maximum Gasteiger partial charge on any atom is 0.123 e. The van der Waals surface area contributed by atoms with Crippen LogP contribution in [0.1, 0.15) is 5.56 Å². The molecule has 0 aromatic heterocycles. The Morgan fingerprint density at radius 3 is 2.45 bits per heavy atom. The van der Waals surface area contributed by atoms with Gasteiger partial charge in [-0.2, -0.15) is 0 Å². The van der Waals surface area contributed by atoms with Gasteiger partial charge >= 0.3 is 0 Å². The molecule has 1 unspecified atom stereocenters. The first kappa shape index (κ1) is 17.1. The third-order valence-corrected chi connectivity index (χ3v) is 3.80. The highest BCUT2D eigenvalue weighted by Gasteiger charge is 2.19. The van der Waals surface area contributed by atoms with Gasteiger partial charge in [-0.25, -0.2) is 4.39 Å². The molecule has 1 heterocycles. The molecule has 0 amide bonds. The van der Waals surface area contributed by atoms with E-state index in [1.807, 2.05) is 12.1 Å². The molecule has 0 radical (unpaired) electrons. The summed E-state index contributed by atoms with van der Waals surface area (Å²) in [5.41, 5.74) is 1.13. The van der Waals surface area contributed by atoms with E-state index in [4.69, 9.17) is 4.74 Å². The summed E-state index contributed by atoms with van der Waals surface area (Å²) in [6.45, 7) is 9.66. The van der Waals surface area contributed by atoms with Crippen LogP contribution >= 0.6 is 0 Å². The Morgan fingerprint density at radius 2 is 1.82 bits per heavy atom. The van der Waals surface area contributed by atoms with E-state index in [1.165, 1.54) is 12.1 Å². The lowest BCUT2D eigenvalue weighted by Crippen LogP contribution is -2.48. The van der Waals surface area contributed by atoms with E-state index in [2.05, 4.69) is 16.4 Å². The van der Waals surface area contributed by atoms with Gasteiger partial charge in [0.2, 0.25) is 0 Å². The Morgan fingerprint density at radius 1 is 1.18 bits per heavy atom. The van der Waals surface area contributed by atoms with Crippen LogP contribution in [-0.4, -0.2) is 66.9 Å². The van der Waals surface area contributed by atoms with Crippen molar-refractivity contribution in [2.24, 2.45) is 0 Å². The molecule has 1 aliphatic rings. The first-order valence-corrected chi connectivity index (χ1v) is 7.73. The number of halogens is 1. The van der Waals surface area contributed by atoms with Gasteiger partial charge in [0.25, 0.3) is 0 Å². The van der Waals surface area contributed by atoms with Crippen LogP contribution in [0.3, 0.4) is 0 Å². The van der Waals surface area contributed by atoms with Crippen molar-refractivity contribution in [3.63, 3.8) is 0 Å². The third kappa shape index (κ3) is 5.85. The molecule has 122 valence electrons. The predicted molar refractivity (Wildman–Crippen MR) is 85.1 cm³/mol. The smallest absolute Gasteiger partial charge is 0.123 e. The second-order valence-electron chi connectivity index (χ2n) is 5.68. The first-order valence-electron chi connectivity index (χ1n) is 7.73. The van der Waals surface area contributed by atoms with E-state index in [9.17, 15) is 9.50 Å². The predicted octanol–water partition coefficient (Wildman–Crippen LogP) is 1.51. The molecule has 0 bridgehead atoms. The molecule has 1 fully saturated rings. The number of piperazine rings is 1. The van der Waals surface area contributed by atoms with Crippen molar-refractivity contribution in [2.45, 2.75) is 12.6 Å². The van der Waals surface area contributed by atoms with Crippen molar-refractivity contribution in [1.29, 1.82) is 0 Å². The molecule has 22 heavy (non-hydrogen) atoms. The van der Waals surface area contributed by atoms with Crippen LogP contribution in [0.2, 0.25) is 0 Å². The molecule has 1 saturated heterocycles. The molecular weight excluding hydrogens is 283 g/mol. The van der Waals surface area contributed by atoms with Crippen LogP contribution < -0.4 is 0 Å². The number of rotatable bonds is 8. The van der Waals surface area contributed by atoms with E-state index in [0.29, 0.717) is 19.8 Å². The van der Waals surface area contributed by atoms with E-state index < -0.39 is 6.10 Å². The first-order chi connectivity index (χ1) is 10.7. The maximum atomic E-state index is 12.9. The molecule has 0 aliphatic carbocycles. The molecule has 1 atom stereocenters. The fourth-order valence-electron chi connectivity index (χ4n) is 2.62. The summed E-state index contributed by atoms with van der Waals surface area (Å²) in [6, 6.07) is 6.68. The number of aliphatic hydroxyl groups excluding tert-OH is 1. The van der Waals surface area contributed by atoms with Gasteiger partial charge in [0.15, 0.2) is 0 Å². The summed E-state index contributed by atoms with van der Waals surface area (Å²) in [7, 11) is 0. The van der Waals surface area contributed by atoms with Gasteiger partial charge in [-0.1, -0.05) is 18.2 Å². The highest BCUT2D eigenvalue weighted by Crippen LogP contribution is 2.10. The summed E-state index contributed by atoms with van der Waals surface area (Å²) in [4.78, 5) is 4.60. The van der Waals surface area contributed by atoms with Gasteiger partial charge < -0.3 is 9.84 Å². The van der Waals surface area contributed by atoms with Crippen LogP contribution in [0.4, 0.5) is 4.39 Å². The Kier molecular flexibility index (Phi) is 6.99. The zero-order valence-electron chi connectivity index (χ0n) is 13.0. The lowest BCUT2D eigenvalue weighted by molar-refractivity contribution is 0.0142. The highest BCUT2D eigenvalue weighted by molar-refractivity contribution is 5.15. The van der Waals surface area contributed by atoms with Crippen molar-refractivity contribution < 1.29 is 14.2 Å². The Hall–Kier alpha value is -1.27. The molecule has 5 heteroatoms. The lowest BCUT2D eigenvalue weighted by Gasteiger charge is -2.35. The number of β-amino-alcohol motifs (C(OH)–C–C–N with tert-alkyl or cyclic N) is 1. The van der Waals surface area contributed by atoms with Gasteiger partial charge in [0.05, 0.1) is 19.3 Å². The second-order valence-corrected chi connectivity index (χ2v) is 5.68. The van der Waals surface area contributed by atoms with Gasteiger partial charge in [-0.05, 0) is 17.7 Å². The van der Waals surface area contributed by atoms with Crippen molar-refractivity contribution >= 4 is 0 Å². The Labute approximate surface area is 131 Å². The number of nitrogens with zero attached hydrogens (tertiary/aromatic N) is 2.